The fourth-order valence-electron chi connectivity index (χ4n) is 3.22. The van der Waals surface area contributed by atoms with Crippen molar-refractivity contribution in [3.05, 3.63) is 34.4 Å². The summed E-state index contributed by atoms with van der Waals surface area (Å²) in [4.78, 5) is 0. The van der Waals surface area contributed by atoms with Gasteiger partial charge in [0.15, 0.2) is 0 Å². The van der Waals surface area contributed by atoms with Crippen molar-refractivity contribution in [2.45, 2.75) is 59.1 Å². The maximum absolute atomic E-state index is 5.80. The highest BCUT2D eigenvalue weighted by molar-refractivity contribution is 5.38. The first-order chi connectivity index (χ1) is 9.55. The molecule has 0 saturated heterocycles. The number of ether oxygens (including phenoxy) is 1. The normalized spacial score (nSPS) is 23.4. The van der Waals surface area contributed by atoms with Crippen molar-refractivity contribution in [1.29, 1.82) is 0 Å². The Bertz CT molecular complexity index is 453. The van der Waals surface area contributed by atoms with Gasteiger partial charge in [-0.25, -0.2) is 0 Å². The molecule has 0 amide bonds. The van der Waals surface area contributed by atoms with Crippen molar-refractivity contribution >= 4 is 0 Å². The summed E-state index contributed by atoms with van der Waals surface area (Å²) in [6.45, 7) is 9.40. The van der Waals surface area contributed by atoms with Gasteiger partial charge in [-0.2, -0.15) is 0 Å². The van der Waals surface area contributed by atoms with E-state index in [1.807, 2.05) is 0 Å². The summed E-state index contributed by atoms with van der Waals surface area (Å²) in [5.74, 6) is 6.53. The average Bonchev–Trinajstić information content (AvgIpc) is 2.37. The molecule has 0 spiro atoms. The predicted octanol–water partition coefficient (Wildman–Crippen LogP) is 3.32. The van der Waals surface area contributed by atoms with Crippen LogP contribution in [0.25, 0.3) is 0 Å². The lowest BCUT2D eigenvalue weighted by Gasteiger charge is -2.37. The van der Waals surface area contributed by atoms with Crippen LogP contribution in [0.2, 0.25) is 0 Å². The highest BCUT2D eigenvalue weighted by atomic mass is 16.5. The van der Waals surface area contributed by atoms with Crippen molar-refractivity contribution in [2.75, 3.05) is 6.61 Å². The van der Waals surface area contributed by atoms with E-state index in [0.717, 1.165) is 18.9 Å². The fraction of sp³-hybridized carbons (Fsp3) is 0.647. The third-order valence-electron chi connectivity index (χ3n) is 4.62. The lowest BCUT2D eigenvalue weighted by atomic mass is 9.76. The summed E-state index contributed by atoms with van der Waals surface area (Å²) in [5, 5.41) is 0. The molecule has 0 bridgehead atoms. The van der Waals surface area contributed by atoms with Crippen LogP contribution in [0.1, 0.15) is 54.5 Å². The average molecular weight is 276 g/mol. The Morgan fingerprint density at radius 1 is 1.20 bits per heavy atom. The van der Waals surface area contributed by atoms with Gasteiger partial charge in [0.1, 0.15) is 0 Å². The van der Waals surface area contributed by atoms with Gasteiger partial charge in [0.05, 0.1) is 6.10 Å². The number of hydrogen-bond donors (Lipinski definition) is 2. The van der Waals surface area contributed by atoms with Crippen molar-refractivity contribution in [3.63, 3.8) is 0 Å². The van der Waals surface area contributed by atoms with Gasteiger partial charge in [0, 0.05) is 12.6 Å². The van der Waals surface area contributed by atoms with Crippen LogP contribution in [-0.4, -0.2) is 12.7 Å². The van der Waals surface area contributed by atoms with Crippen LogP contribution in [-0.2, 0) is 4.74 Å². The zero-order valence-corrected chi connectivity index (χ0v) is 13.2. The molecule has 1 aromatic carbocycles. The van der Waals surface area contributed by atoms with E-state index in [0.29, 0.717) is 6.10 Å². The smallest absolute Gasteiger partial charge is 0.0580 e. The molecule has 1 atom stereocenters. The van der Waals surface area contributed by atoms with Crippen LogP contribution >= 0.6 is 0 Å². The van der Waals surface area contributed by atoms with E-state index in [1.165, 1.54) is 35.1 Å². The number of nitrogens with two attached hydrogens (primary N) is 1. The standard InChI is InChI=1S/C17H28N2O/c1-5-20-15-8-14(9-15)10-17(19-18)16-7-12(3)11(2)6-13(16)4/h6-7,14-15,17,19H,5,8-10,18H2,1-4H3. The van der Waals surface area contributed by atoms with E-state index in [4.69, 9.17) is 10.6 Å². The SMILES string of the molecule is CCOC1CC(CC(NN)c2cc(C)c(C)cc2C)C1. The number of rotatable bonds is 6. The van der Waals surface area contributed by atoms with Crippen molar-refractivity contribution in [3.8, 4) is 0 Å². The van der Waals surface area contributed by atoms with E-state index in [9.17, 15) is 0 Å². The molecule has 3 N–H and O–H groups in total. The monoisotopic (exact) mass is 276 g/mol. The largest absolute Gasteiger partial charge is 0.378 e. The molecule has 0 radical (unpaired) electrons. The van der Waals surface area contributed by atoms with Gasteiger partial charge >= 0.3 is 0 Å². The molecule has 20 heavy (non-hydrogen) atoms. The lowest BCUT2D eigenvalue weighted by molar-refractivity contribution is -0.0291. The second kappa shape index (κ2) is 6.70. The summed E-state index contributed by atoms with van der Waals surface area (Å²) >= 11 is 0. The first kappa shape index (κ1) is 15.5. The Kier molecular flexibility index (Phi) is 5.19. The molecule has 3 heteroatoms. The second-order valence-corrected chi connectivity index (χ2v) is 6.16. The Morgan fingerprint density at radius 2 is 1.85 bits per heavy atom. The van der Waals surface area contributed by atoms with E-state index >= 15 is 0 Å². The topological polar surface area (TPSA) is 47.3 Å². The zero-order valence-electron chi connectivity index (χ0n) is 13.2. The third-order valence-corrected chi connectivity index (χ3v) is 4.62. The Balaban J connectivity index is 2.01. The number of hydrazine groups is 1. The molecule has 1 aliphatic rings. The van der Waals surface area contributed by atoms with Gasteiger partial charge in [-0.1, -0.05) is 12.1 Å². The van der Waals surface area contributed by atoms with E-state index in [2.05, 4.69) is 45.3 Å². The van der Waals surface area contributed by atoms with Crippen LogP contribution < -0.4 is 11.3 Å². The maximum atomic E-state index is 5.80. The van der Waals surface area contributed by atoms with E-state index in [1.54, 1.807) is 0 Å². The van der Waals surface area contributed by atoms with Crippen LogP contribution in [0.15, 0.2) is 12.1 Å². The molecular weight excluding hydrogens is 248 g/mol. The van der Waals surface area contributed by atoms with Crippen molar-refractivity contribution in [1.82, 2.24) is 5.43 Å². The fourth-order valence-corrected chi connectivity index (χ4v) is 3.22. The molecule has 1 fully saturated rings. The highest BCUT2D eigenvalue weighted by Crippen LogP contribution is 2.37. The van der Waals surface area contributed by atoms with E-state index in [-0.39, 0.29) is 6.04 Å². The summed E-state index contributed by atoms with van der Waals surface area (Å²) in [5.41, 5.74) is 8.37. The van der Waals surface area contributed by atoms with Gasteiger partial charge in [-0.15, -0.1) is 0 Å². The third kappa shape index (κ3) is 3.40. The van der Waals surface area contributed by atoms with Crippen molar-refractivity contribution < 1.29 is 4.74 Å². The molecule has 3 nitrogen and oxygen atoms in total. The van der Waals surface area contributed by atoms with E-state index < -0.39 is 0 Å². The quantitative estimate of drug-likeness (QED) is 0.619. The molecule has 112 valence electrons. The number of nitrogens with one attached hydrogen (secondary N) is 1. The molecule has 1 unspecified atom stereocenters. The summed E-state index contributed by atoms with van der Waals surface area (Å²) in [6, 6.07) is 4.80. The number of hydrogen-bond acceptors (Lipinski definition) is 3. The van der Waals surface area contributed by atoms with Gasteiger partial charge < -0.3 is 4.74 Å². The molecule has 0 heterocycles. The molecule has 1 saturated carbocycles. The van der Waals surface area contributed by atoms with Gasteiger partial charge in [0.25, 0.3) is 0 Å². The highest BCUT2D eigenvalue weighted by Gasteiger charge is 2.31. The summed E-state index contributed by atoms with van der Waals surface area (Å²) in [6.07, 6.45) is 3.93. The first-order valence-corrected chi connectivity index (χ1v) is 7.70. The Labute approximate surface area is 122 Å². The molecule has 1 aromatic rings. The van der Waals surface area contributed by atoms with Crippen LogP contribution in [0.4, 0.5) is 0 Å². The van der Waals surface area contributed by atoms with Gasteiger partial charge in [-0.3, -0.25) is 11.3 Å². The number of benzene rings is 1. The zero-order chi connectivity index (χ0) is 14.7. The predicted molar refractivity (Wildman–Crippen MR) is 83.5 cm³/mol. The van der Waals surface area contributed by atoms with Gasteiger partial charge in [0.2, 0.25) is 0 Å². The van der Waals surface area contributed by atoms with Crippen LogP contribution in [0, 0.1) is 26.7 Å². The Morgan fingerprint density at radius 3 is 2.45 bits per heavy atom. The van der Waals surface area contributed by atoms with Crippen molar-refractivity contribution in [2.24, 2.45) is 11.8 Å². The molecule has 2 rings (SSSR count). The minimum absolute atomic E-state index is 0.252. The first-order valence-electron chi connectivity index (χ1n) is 7.70. The maximum Gasteiger partial charge on any atom is 0.0580 e. The van der Waals surface area contributed by atoms with Crippen LogP contribution in [0.5, 0.6) is 0 Å². The molecular formula is C17H28N2O. The Hall–Kier alpha value is -0.900. The molecule has 1 aliphatic carbocycles. The second-order valence-electron chi connectivity index (χ2n) is 6.16. The molecule has 0 aromatic heterocycles. The number of aryl methyl sites for hydroxylation is 3. The minimum atomic E-state index is 0.252. The van der Waals surface area contributed by atoms with Crippen LogP contribution in [0.3, 0.4) is 0 Å². The summed E-state index contributed by atoms with van der Waals surface area (Å²) in [7, 11) is 0. The lowest BCUT2D eigenvalue weighted by Crippen LogP contribution is -2.36. The van der Waals surface area contributed by atoms with Gasteiger partial charge in [-0.05, 0) is 75.1 Å². The summed E-state index contributed by atoms with van der Waals surface area (Å²) < 4.78 is 5.64. The minimum Gasteiger partial charge on any atom is -0.378 e. The molecule has 0 aliphatic heterocycles.